The fraction of sp³-hybridized carbons (Fsp3) is 0.654. The van der Waals surface area contributed by atoms with Crippen molar-refractivity contribution in [2.45, 2.75) is 90.3 Å². The Bertz CT molecular complexity index is 746. The lowest BCUT2D eigenvalue weighted by atomic mass is 9.67. The maximum atomic E-state index is 13.5. The van der Waals surface area contributed by atoms with E-state index in [1.54, 1.807) is 6.92 Å². The monoisotopic (exact) mass is 461 g/mol. The van der Waals surface area contributed by atoms with E-state index in [0.29, 0.717) is 25.7 Å². The second kappa shape index (κ2) is 14.0. The highest BCUT2D eigenvalue weighted by Gasteiger charge is 2.47. The molecule has 0 aliphatic heterocycles. The molecular weight excluding hydrogens is 422 g/mol. The van der Waals surface area contributed by atoms with E-state index in [-0.39, 0.29) is 18.5 Å². The summed E-state index contributed by atoms with van der Waals surface area (Å²) in [5.74, 6) is -0.117. The number of esters is 1. The van der Waals surface area contributed by atoms with Gasteiger partial charge in [0.05, 0.1) is 11.5 Å². The molecule has 3 unspecified atom stereocenters. The molecule has 1 saturated carbocycles. The van der Waals surface area contributed by atoms with Crippen LogP contribution in [0.1, 0.15) is 77.2 Å². The van der Waals surface area contributed by atoms with Gasteiger partial charge >= 0.3 is 5.97 Å². The molecule has 0 aromatic heterocycles. The summed E-state index contributed by atoms with van der Waals surface area (Å²) in [5.41, 5.74) is 0.484. The molecule has 2 rings (SSSR count). The minimum atomic E-state index is -0.871. The molecule has 0 bridgehead atoms. The maximum Gasteiger partial charge on any atom is 0.312 e. The Kier molecular flexibility index (Phi) is 11.4. The zero-order valence-corrected chi connectivity index (χ0v) is 20.0. The molecule has 0 spiro atoms. The topological polar surface area (TPSA) is 98.9 Å². The van der Waals surface area contributed by atoms with Crippen molar-refractivity contribution in [1.82, 2.24) is 0 Å². The van der Waals surface area contributed by atoms with Gasteiger partial charge in [-0.25, -0.2) is 0 Å². The average molecular weight is 462 g/mol. The smallest absolute Gasteiger partial charge is 0.312 e. The van der Waals surface area contributed by atoms with Crippen LogP contribution in [0.2, 0.25) is 0 Å². The summed E-state index contributed by atoms with van der Waals surface area (Å²) < 4.78 is 5.70. The molecule has 1 aromatic carbocycles. The van der Waals surface area contributed by atoms with Gasteiger partial charge in [0.2, 0.25) is 0 Å². The van der Waals surface area contributed by atoms with Crippen molar-refractivity contribution < 1.29 is 24.6 Å². The Morgan fingerprint density at radius 2 is 1.94 bits per heavy atom. The molecule has 0 heterocycles. The number of benzene rings is 1. The van der Waals surface area contributed by atoms with Crippen LogP contribution in [0.5, 0.6) is 0 Å². The number of aliphatic hydroxyl groups excluding tert-OH is 1. The van der Waals surface area contributed by atoms with E-state index in [0.717, 1.165) is 38.5 Å². The van der Waals surface area contributed by atoms with Gasteiger partial charge in [0.1, 0.15) is 12.7 Å². The van der Waals surface area contributed by atoms with Crippen molar-refractivity contribution in [3.05, 3.63) is 58.2 Å². The van der Waals surface area contributed by atoms with Crippen molar-refractivity contribution in [1.29, 1.82) is 0 Å². The van der Waals surface area contributed by atoms with Crippen LogP contribution < -0.4 is 0 Å². The number of ether oxygens (including phenoxy) is 1. The quantitative estimate of drug-likeness (QED) is 0.162. The lowest BCUT2D eigenvalue weighted by Gasteiger charge is -2.38. The molecule has 3 atom stereocenters. The second-order valence-corrected chi connectivity index (χ2v) is 9.20. The third-order valence-electron chi connectivity index (χ3n) is 6.79. The van der Waals surface area contributed by atoms with E-state index in [1.807, 2.05) is 31.2 Å². The van der Waals surface area contributed by atoms with Crippen LogP contribution in [0.15, 0.2) is 42.5 Å². The van der Waals surface area contributed by atoms with Gasteiger partial charge in [-0.1, -0.05) is 55.3 Å². The summed E-state index contributed by atoms with van der Waals surface area (Å²) in [6.07, 6.45) is 10.8. The van der Waals surface area contributed by atoms with E-state index >= 15 is 0 Å². The molecule has 1 aliphatic carbocycles. The Labute approximate surface area is 197 Å². The van der Waals surface area contributed by atoms with Crippen molar-refractivity contribution in [2.24, 2.45) is 11.3 Å². The number of carbonyl (C=O) groups excluding carboxylic acids is 1. The highest BCUT2D eigenvalue weighted by atomic mass is 17.0. The number of hydrogen-bond acceptors (Lipinski definition) is 6. The van der Waals surface area contributed by atoms with E-state index in [9.17, 15) is 20.0 Å². The van der Waals surface area contributed by atoms with Gasteiger partial charge in [0, 0.05) is 0 Å². The Balaban J connectivity index is 2.10. The first-order valence-corrected chi connectivity index (χ1v) is 12.2. The van der Waals surface area contributed by atoms with Gasteiger partial charge in [-0.05, 0) is 76.7 Å². The van der Waals surface area contributed by atoms with E-state index in [4.69, 9.17) is 4.74 Å². The predicted molar refractivity (Wildman–Crippen MR) is 127 cm³/mol. The molecule has 0 saturated heterocycles. The Morgan fingerprint density at radius 3 is 2.58 bits per heavy atom. The number of aryl methyl sites for hydroxylation is 1. The Hall–Kier alpha value is -2.41. The fourth-order valence-corrected chi connectivity index (χ4v) is 4.94. The molecule has 0 amide bonds. The summed E-state index contributed by atoms with van der Waals surface area (Å²) in [6.45, 7) is 3.29. The lowest BCUT2D eigenvalue weighted by Crippen LogP contribution is -2.42. The minimum absolute atomic E-state index is 0.195. The van der Waals surface area contributed by atoms with E-state index in [2.05, 4.69) is 23.0 Å². The van der Waals surface area contributed by atoms with Gasteiger partial charge in [-0.15, -0.1) is 10.1 Å². The summed E-state index contributed by atoms with van der Waals surface area (Å²) >= 11 is 0. The van der Waals surface area contributed by atoms with Crippen molar-refractivity contribution in [2.75, 3.05) is 6.61 Å². The summed E-state index contributed by atoms with van der Waals surface area (Å²) in [7, 11) is 0. The van der Waals surface area contributed by atoms with E-state index < -0.39 is 22.7 Å². The predicted octanol–water partition coefficient (Wildman–Crippen LogP) is 5.43. The van der Waals surface area contributed by atoms with Crippen LogP contribution in [0.4, 0.5) is 0 Å². The zero-order valence-electron chi connectivity index (χ0n) is 20.0. The number of aliphatic hydroxyl groups is 1. The third kappa shape index (κ3) is 8.80. The first-order chi connectivity index (χ1) is 15.9. The maximum absolute atomic E-state index is 13.5. The van der Waals surface area contributed by atoms with Crippen LogP contribution >= 0.6 is 0 Å². The summed E-state index contributed by atoms with van der Waals surface area (Å²) in [5, 5.41) is 20.4. The van der Waals surface area contributed by atoms with Crippen molar-refractivity contribution in [3.8, 4) is 0 Å². The second-order valence-electron chi connectivity index (χ2n) is 9.20. The molecule has 33 heavy (non-hydrogen) atoms. The van der Waals surface area contributed by atoms with Gasteiger partial charge in [-0.3, -0.25) is 4.79 Å². The number of nitrogens with zero attached hydrogens (tertiary/aromatic N) is 1. The summed E-state index contributed by atoms with van der Waals surface area (Å²) in [6, 6.07) is 10.1. The molecule has 7 heteroatoms. The first-order valence-electron chi connectivity index (χ1n) is 12.2. The number of carbonyl (C=O) groups is 1. The highest BCUT2D eigenvalue weighted by Crippen LogP contribution is 2.48. The highest BCUT2D eigenvalue weighted by molar-refractivity contribution is 5.77. The van der Waals surface area contributed by atoms with Gasteiger partial charge in [-0.2, -0.15) is 0 Å². The molecule has 184 valence electrons. The SMILES string of the molecule is CC=CCCC(CCC(O)CCc1ccccc1)(C(=O)OC(C)CO[N+](=O)[O-])C1CCCC1. The molecule has 0 radical (unpaired) electrons. The number of rotatable bonds is 15. The largest absolute Gasteiger partial charge is 0.460 e. The first kappa shape index (κ1) is 26.8. The normalized spacial score (nSPS) is 18.0. The van der Waals surface area contributed by atoms with Gasteiger partial charge in [0.15, 0.2) is 0 Å². The van der Waals surface area contributed by atoms with Gasteiger partial charge < -0.3 is 14.7 Å². The molecule has 7 nitrogen and oxygen atoms in total. The number of hydrogen-bond donors (Lipinski definition) is 1. The van der Waals surface area contributed by atoms with Crippen LogP contribution in [0.3, 0.4) is 0 Å². The van der Waals surface area contributed by atoms with E-state index in [1.165, 1.54) is 5.56 Å². The van der Waals surface area contributed by atoms with Crippen molar-refractivity contribution in [3.63, 3.8) is 0 Å². The zero-order chi connectivity index (χ0) is 24.1. The fourth-order valence-electron chi connectivity index (χ4n) is 4.94. The van der Waals surface area contributed by atoms with Crippen LogP contribution in [0.25, 0.3) is 0 Å². The standard InChI is InChI=1S/C26H39NO6/c1-3-4-10-18-26(23-13-8-9-14-23,25(29)33-21(2)20-32-27(30)31)19-17-24(28)16-15-22-11-6-5-7-12-22/h3-7,11-12,21,23-24,28H,8-10,13-20H2,1-2H3. The lowest BCUT2D eigenvalue weighted by molar-refractivity contribution is -0.759. The summed E-state index contributed by atoms with van der Waals surface area (Å²) in [4.78, 5) is 28.5. The van der Waals surface area contributed by atoms with Crippen LogP contribution in [0, 0.1) is 21.4 Å². The third-order valence-corrected chi connectivity index (χ3v) is 6.79. The van der Waals surface area contributed by atoms with Crippen molar-refractivity contribution >= 4 is 5.97 Å². The molecular formula is C26H39NO6. The molecule has 1 N–H and O–H groups in total. The number of allylic oxidation sites excluding steroid dienone is 2. The average Bonchev–Trinajstić information content (AvgIpc) is 3.34. The van der Waals surface area contributed by atoms with Crippen LogP contribution in [-0.2, 0) is 20.8 Å². The Morgan fingerprint density at radius 1 is 1.24 bits per heavy atom. The van der Waals surface area contributed by atoms with Gasteiger partial charge in [0.25, 0.3) is 5.09 Å². The minimum Gasteiger partial charge on any atom is -0.460 e. The van der Waals surface area contributed by atoms with Crippen LogP contribution in [-0.4, -0.2) is 35.0 Å². The molecule has 1 aromatic rings. The molecule has 1 aliphatic rings. The molecule has 1 fully saturated rings.